The van der Waals surface area contributed by atoms with Gasteiger partial charge in [-0.05, 0) is 43.0 Å². The summed E-state index contributed by atoms with van der Waals surface area (Å²) in [5.74, 6) is 2.47. The lowest BCUT2D eigenvalue weighted by atomic mass is 10.1. The Bertz CT molecular complexity index is 746. The van der Waals surface area contributed by atoms with Gasteiger partial charge in [0.1, 0.15) is 5.75 Å². The van der Waals surface area contributed by atoms with Crippen LogP contribution in [-0.4, -0.2) is 50.8 Å². The molecule has 29 heavy (non-hydrogen) atoms. The Hall–Kier alpha value is -2.53. The fourth-order valence-electron chi connectivity index (χ4n) is 3.59. The predicted octanol–water partition coefficient (Wildman–Crippen LogP) is 3.74. The van der Waals surface area contributed by atoms with Gasteiger partial charge in [0.05, 0.1) is 20.3 Å². The van der Waals surface area contributed by atoms with Crippen LogP contribution in [0.15, 0.2) is 59.6 Å². The van der Waals surface area contributed by atoms with Crippen LogP contribution < -0.4 is 10.1 Å². The van der Waals surface area contributed by atoms with Gasteiger partial charge in [0.25, 0.3) is 0 Å². The average Bonchev–Trinajstić information content (AvgIpc) is 3.23. The number of hydrogen-bond donors (Lipinski definition) is 1. The molecule has 2 aromatic carbocycles. The minimum atomic E-state index is 0.559. The lowest BCUT2D eigenvalue weighted by molar-refractivity contribution is 0.0907. The van der Waals surface area contributed by atoms with Crippen LogP contribution in [0.4, 0.5) is 0 Å². The summed E-state index contributed by atoms with van der Waals surface area (Å²) in [6.45, 7) is 7.31. The average molecular weight is 396 g/mol. The van der Waals surface area contributed by atoms with Crippen molar-refractivity contribution in [2.45, 2.75) is 26.4 Å². The zero-order valence-corrected chi connectivity index (χ0v) is 17.6. The first-order valence-electron chi connectivity index (χ1n) is 10.6. The summed E-state index contributed by atoms with van der Waals surface area (Å²) in [6, 6.07) is 18.6. The van der Waals surface area contributed by atoms with E-state index in [2.05, 4.69) is 53.5 Å². The lowest BCUT2D eigenvalue weighted by Gasteiger charge is -2.21. The van der Waals surface area contributed by atoms with Crippen LogP contribution in [0.1, 0.15) is 24.5 Å². The molecule has 1 aliphatic rings. The molecule has 0 bridgehead atoms. The first kappa shape index (κ1) is 21.2. The molecular weight excluding hydrogens is 362 g/mol. The van der Waals surface area contributed by atoms with Gasteiger partial charge in [-0.1, -0.05) is 42.5 Å². The molecule has 0 radical (unpaired) electrons. The summed E-state index contributed by atoms with van der Waals surface area (Å²) >= 11 is 0. The molecule has 0 spiro atoms. The normalized spacial score (nSPS) is 16.8. The Labute approximate surface area is 174 Å². The highest BCUT2D eigenvalue weighted by Crippen LogP contribution is 2.18. The van der Waals surface area contributed by atoms with E-state index >= 15 is 0 Å². The molecule has 1 heterocycles. The van der Waals surface area contributed by atoms with Crippen LogP contribution in [0.3, 0.4) is 0 Å². The second-order valence-electron chi connectivity index (χ2n) is 7.44. The van der Waals surface area contributed by atoms with Crippen molar-refractivity contribution in [1.82, 2.24) is 10.2 Å². The van der Waals surface area contributed by atoms with Crippen molar-refractivity contribution >= 4 is 5.96 Å². The van der Waals surface area contributed by atoms with Crippen molar-refractivity contribution in [2.24, 2.45) is 10.9 Å². The van der Waals surface area contributed by atoms with Crippen LogP contribution in [0, 0.1) is 5.92 Å². The minimum absolute atomic E-state index is 0.559. The molecule has 5 heteroatoms. The second kappa shape index (κ2) is 11.5. The Morgan fingerprint density at radius 3 is 2.62 bits per heavy atom. The van der Waals surface area contributed by atoms with Crippen LogP contribution in [0.5, 0.6) is 5.75 Å². The van der Waals surface area contributed by atoms with Gasteiger partial charge in [-0.15, -0.1) is 0 Å². The maximum atomic E-state index is 5.95. The smallest absolute Gasteiger partial charge is 0.193 e. The van der Waals surface area contributed by atoms with Gasteiger partial charge in [-0.2, -0.15) is 0 Å². The summed E-state index contributed by atoms with van der Waals surface area (Å²) in [4.78, 5) is 7.22. The largest absolute Gasteiger partial charge is 0.497 e. The third-order valence-corrected chi connectivity index (χ3v) is 5.21. The Morgan fingerprint density at radius 1 is 1.10 bits per heavy atom. The molecule has 1 N–H and O–H groups in total. The number of hydrogen-bond acceptors (Lipinski definition) is 3. The number of nitrogens with one attached hydrogen (secondary N) is 1. The van der Waals surface area contributed by atoms with Crippen molar-refractivity contribution in [2.75, 3.05) is 39.9 Å². The zero-order chi connectivity index (χ0) is 20.3. The molecule has 1 fully saturated rings. The molecule has 1 atom stereocenters. The van der Waals surface area contributed by atoms with E-state index in [1.165, 1.54) is 11.1 Å². The molecule has 3 rings (SSSR count). The van der Waals surface area contributed by atoms with E-state index < -0.39 is 0 Å². The minimum Gasteiger partial charge on any atom is -0.497 e. The molecule has 0 aliphatic carbocycles. The van der Waals surface area contributed by atoms with E-state index in [0.29, 0.717) is 12.5 Å². The van der Waals surface area contributed by atoms with E-state index in [0.717, 1.165) is 57.3 Å². The van der Waals surface area contributed by atoms with Crippen molar-refractivity contribution in [1.29, 1.82) is 0 Å². The summed E-state index contributed by atoms with van der Waals surface area (Å²) < 4.78 is 11.2. The van der Waals surface area contributed by atoms with Crippen LogP contribution in [0.2, 0.25) is 0 Å². The monoisotopic (exact) mass is 395 g/mol. The Morgan fingerprint density at radius 2 is 1.90 bits per heavy atom. The molecule has 0 saturated carbocycles. The highest BCUT2D eigenvalue weighted by molar-refractivity contribution is 5.80. The molecule has 5 nitrogen and oxygen atoms in total. The Balaban J connectivity index is 1.45. The summed E-state index contributed by atoms with van der Waals surface area (Å²) in [7, 11) is 1.69. The second-order valence-corrected chi connectivity index (χ2v) is 7.44. The SMILES string of the molecule is CCNC(=NCCc1ccc(OC)cc1)N1CCC(COCc2ccccc2)C1. The number of aliphatic imine (C=N–C) groups is 1. The zero-order valence-electron chi connectivity index (χ0n) is 17.6. The number of ether oxygens (including phenoxy) is 2. The topological polar surface area (TPSA) is 46.1 Å². The quantitative estimate of drug-likeness (QED) is 0.519. The number of likely N-dealkylation sites (tertiary alicyclic amines) is 1. The number of methoxy groups -OCH3 is 1. The molecule has 156 valence electrons. The maximum Gasteiger partial charge on any atom is 0.193 e. The summed E-state index contributed by atoms with van der Waals surface area (Å²) in [6.07, 6.45) is 2.08. The first-order chi connectivity index (χ1) is 14.3. The van der Waals surface area contributed by atoms with Gasteiger partial charge in [0.2, 0.25) is 0 Å². The third kappa shape index (κ3) is 6.79. The van der Waals surface area contributed by atoms with Gasteiger partial charge in [0, 0.05) is 32.1 Å². The van der Waals surface area contributed by atoms with Crippen molar-refractivity contribution in [3.8, 4) is 5.75 Å². The van der Waals surface area contributed by atoms with Crippen LogP contribution in [0.25, 0.3) is 0 Å². The van der Waals surface area contributed by atoms with E-state index in [1.54, 1.807) is 7.11 Å². The molecular formula is C24H33N3O2. The molecule has 0 amide bonds. The maximum absolute atomic E-state index is 5.95. The number of nitrogens with zero attached hydrogens (tertiary/aromatic N) is 2. The van der Waals surface area contributed by atoms with Crippen molar-refractivity contribution in [3.63, 3.8) is 0 Å². The molecule has 1 unspecified atom stereocenters. The first-order valence-corrected chi connectivity index (χ1v) is 10.6. The van der Waals surface area contributed by atoms with Gasteiger partial charge in [-0.3, -0.25) is 4.99 Å². The molecule has 0 aromatic heterocycles. The highest BCUT2D eigenvalue weighted by atomic mass is 16.5. The number of benzene rings is 2. The number of rotatable bonds is 9. The van der Waals surface area contributed by atoms with Crippen molar-refractivity contribution in [3.05, 3.63) is 65.7 Å². The fourth-order valence-corrected chi connectivity index (χ4v) is 3.59. The summed E-state index contributed by atoms with van der Waals surface area (Å²) in [5.41, 5.74) is 2.51. The van der Waals surface area contributed by atoms with Gasteiger partial charge >= 0.3 is 0 Å². The highest BCUT2D eigenvalue weighted by Gasteiger charge is 2.24. The lowest BCUT2D eigenvalue weighted by Crippen LogP contribution is -2.40. The van der Waals surface area contributed by atoms with Gasteiger partial charge in [0.15, 0.2) is 5.96 Å². The molecule has 1 aliphatic heterocycles. The summed E-state index contributed by atoms with van der Waals surface area (Å²) in [5, 5.41) is 3.45. The predicted molar refractivity (Wildman–Crippen MR) is 118 cm³/mol. The van der Waals surface area contributed by atoms with E-state index in [4.69, 9.17) is 14.5 Å². The van der Waals surface area contributed by atoms with Crippen LogP contribution in [-0.2, 0) is 17.8 Å². The van der Waals surface area contributed by atoms with Gasteiger partial charge in [-0.25, -0.2) is 0 Å². The van der Waals surface area contributed by atoms with E-state index in [1.807, 2.05) is 18.2 Å². The fraction of sp³-hybridized carbons (Fsp3) is 0.458. The standard InChI is InChI=1S/C24H33N3O2/c1-3-25-24(26-15-13-20-9-11-23(28-2)12-10-20)27-16-14-22(17-27)19-29-18-21-7-5-4-6-8-21/h4-12,22H,3,13-19H2,1-2H3,(H,25,26). The Kier molecular flexibility index (Phi) is 8.38. The van der Waals surface area contributed by atoms with E-state index in [9.17, 15) is 0 Å². The molecule has 2 aromatic rings. The van der Waals surface area contributed by atoms with Gasteiger partial charge < -0.3 is 19.7 Å². The molecule has 1 saturated heterocycles. The number of guanidine groups is 1. The van der Waals surface area contributed by atoms with E-state index in [-0.39, 0.29) is 0 Å². The van der Waals surface area contributed by atoms with Crippen molar-refractivity contribution < 1.29 is 9.47 Å². The van der Waals surface area contributed by atoms with Crippen LogP contribution >= 0.6 is 0 Å². The third-order valence-electron chi connectivity index (χ3n) is 5.21.